The van der Waals surface area contributed by atoms with Gasteiger partial charge in [-0.15, -0.1) is 0 Å². The van der Waals surface area contributed by atoms with Crippen LogP contribution in [0.1, 0.15) is 5.56 Å². The second-order valence-electron chi connectivity index (χ2n) is 1.97. The highest BCUT2D eigenvalue weighted by Gasteiger charge is 2.09. The summed E-state index contributed by atoms with van der Waals surface area (Å²) in [6.07, 6.45) is 0. The van der Waals surface area contributed by atoms with Gasteiger partial charge in [-0.05, 0) is 12.1 Å². The summed E-state index contributed by atoms with van der Waals surface area (Å²) in [4.78, 5) is 0. The molecule has 0 unspecified atom stereocenters. The molecule has 1 aromatic carbocycles. The van der Waals surface area contributed by atoms with Crippen LogP contribution in [0.5, 0.6) is 0 Å². The highest BCUT2D eigenvalue weighted by atomic mass is 35.5. The van der Waals surface area contributed by atoms with Crippen molar-refractivity contribution in [3.05, 3.63) is 33.6 Å². The van der Waals surface area contributed by atoms with Crippen LogP contribution in [0.15, 0.2) is 12.1 Å². The van der Waals surface area contributed by atoms with Gasteiger partial charge < -0.3 is 0 Å². The van der Waals surface area contributed by atoms with Crippen LogP contribution < -0.4 is 0 Å². The van der Waals surface area contributed by atoms with Gasteiger partial charge >= 0.3 is 0 Å². The van der Waals surface area contributed by atoms with E-state index in [1.807, 2.05) is 0 Å². The van der Waals surface area contributed by atoms with Gasteiger partial charge in [0.25, 0.3) is 0 Å². The lowest BCUT2D eigenvalue weighted by Crippen LogP contribution is -1.88. The molecule has 1 nitrogen and oxygen atoms in total. The monoisotopic (exact) mass is 193 g/mol. The Morgan fingerprint density at radius 2 is 2.00 bits per heavy atom. The molecular formula is C7H4Cl2FO. The van der Waals surface area contributed by atoms with E-state index < -0.39 is 12.4 Å². The number of halogens is 3. The molecule has 0 amide bonds. The second-order valence-corrected chi connectivity index (χ2v) is 2.75. The third-order valence-electron chi connectivity index (χ3n) is 1.28. The fourth-order valence-corrected chi connectivity index (χ4v) is 1.18. The van der Waals surface area contributed by atoms with Gasteiger partial charge in [-0.3, -0.25) is 0 Å². The van der Waals surface area contributed by atoms with Crippen molar-refractivity contribution in [2.75, 3.05) is 0 Å². The van der Waals surface area contributed by atoms with E-state index in [1.165, 1.54) is 6.07 Å². The fraction of sp³-hybridized carbons (Fsp3) is 0.143. The third kappa shape index (κ3) is 1.64. The van der Waals surface area contributed by atoms with Gasteiger partial charge in [0.15, 0.2) is 0 Å². The fourth-order valence-electron chi connectivity index (χ4n) is 0.701. The molecule has 0 saturated carbocycles. The van der Waals surface area contributed by atoms with Crippen molar-refractivity contribution in [2.24, 2.45) is 0 Å². The van der Waals surface area contributed by atoms with Gasteiger partial charge in [-0.1, -0.05) is 23.2 Å². The molecular weight excluding hydrogens is 190 g/mol. The Hall–Kier alpha value is -0.310. The topological polar surface area (TPSA) is 19.9 Å². The van der Waals surface area contributed by atoms with Crippen LogP contribution in [-0.4, -0.2) is 0 Å². The van der Waals surface area contributed by atoms with Crippen LogP contribution >= 0.6 is 23.2 Å². The molecule has 59 valence electrons. The average Bonchev–Trinajstić information content (AvgIpc) is 1.99. The minimum atomic E-state index is -0.609. The normalized spacial score (nSPS) is 10.2. The van der Waals surface area contributed by atoms with Crippen molar-refractivity contribution in [1.82, 2.24) is 0 Å². The summed E-state index contributed by atoms with van der Waals surface area (Å²) in [6, 6.07) is 2.44. The smallest absolute Gasteiger partial charge is 0.142 e. The largest absolute Gasteiger partial charge is 0.231 e. The maximum atomic E-state index is 12.6. The van der Waals surface area contributed by atoms with E-state index in [1.54, 1.807) is 0 Å². The molecule has 1 rings (SSSR count). The molecule has 0 aliphatic heterocycles. The van der Waals surface area contributed by atoms with Crippen LogP contribution in [0.2, 0.25) is 10.0 Å². The maximum Gasteiger partial charge on any atom is 0.142 e. The molecule has 0 heterocycles. The predicted octanol–water partition coefficient (Wildman–Crippen LogP) is 3.06. The molecule has 0 bridgehead atoms. The van der Waals surface area contributed by atoms with Gasteiger partial charge in [0, 0.05) is 10.6 Å². The number of hydrogen-bond donors (Lipinski definition) is 0. The maximum absolute atomic E-state index is 12.6. The lowest BCUT2D eigenvalue weighted by atomic mass is 10.2. The van der Waals surface area contributed by atoms with Crippen LogP contribution in [0.3, 0.4) is 0 Å². The molecule has 1 radical (unpaired) electrons. The van der Waals surface area contributed by atoms with E-state index in [0.29, 0.717) is 0 Å². The van der Waals surface area contributed by atoms with Crippen molar-refractivity contribution >= 4 is 23.2 Å². The van der Waals surface area contributed by atoms with Gasteiger partial charge in [-0.2, -0.15) is 0 Å². The molecule has 0 aliphatic carbocycles. The number of hydrogen-bond acceptors (Lipinski definition) is 0. The SMILES string of the molecule is [O]Cc1c(Cl)ccc(F)c1Cl. The average molecular weight is 194 g/mol. The molecule has 0 N–H and O–H groups in total. The van der Waals surface area contributed by atoms with Crippen molar-refractivity contribution in [1.29, 1.82) is 0 Å². The summed E-state index contributed by atoms with van der Waals surface area (Å²) in [5.41, 5.74) is 0.119. The van der Waals surface area contributed by atoms with Crippen molar-refractivity contribution in [3.8, 4) is 0 Å². The Bertz CT molecular complexity index is 275. The molecule has 1 aromatic rings. The van der Waals surface area contributed by atoms with E-state index in [9.17, 15) is 9.50 Å². The minimum Gasteiger partial charge on any atom is -0.231 e. The Kier molecular flexibility index (Phi) is 2.71. The first-order chi connectivity index (χ1) is 5.16. The lowest BCUT2D eigenvalue weighted by molar-refractivity contribution is 0.177. The Morgan fingerprint density at radius 3 is 2.45 bits per heavy atom. The molecule has 11 heavy (non-hydrogen) atoms. The summed E-state index contributed by atoms with van der Waals surface area (Å²) < 4.78 is 12.6. The standard InChI is InChI=1S/C7H4Cl2FO/c8-5-1-2-6(10)7(9)4(5)3-11/h1-2H,3H2. The summed E-state index contributed by atoms with van der Waals surface area (Å²) in [7, 11) is 0. The van der Waals surface area contributed by atoms with E-state index >= 15 is 0 Å². The summed E-state index contributed by atoms with van der Waals surface area (Å²) >= 11 is 11.0. The first-order valence-corrected chi connectivity index (χ1v) is 3.63. The molecule has 0 spiro atoms. The van der Waals surface area contributed by atoms with Crippen LogP contribution in [0.25, 0.3) is 0 Å². The van der Waals surface area contributed by atoms with Crippen LogP contribution in [0, 0.1) is 5.82 Å². The zero-order valence-corrected chi connectivity index (χ0v) is 6.92. The first kappa shape index (κ1) is 8.78. The third-order valence-corrected chi connectivity index (χ3v) is 2.05. The summed E-state index contributed by atoms with van der Waals surface area (Å²) in [6.45, 7) is -0.602. The van der Waals surface area contributed by atoms with E-state index in [4.69, 9.17) is 23.2 Å². The molecule has 4 heteroatoms. The summed E-state index contributed by atoms with van der Waals surface area (Å²) in [5.74, 6) is -0.609. The van der Waals surface area contributed by atoms with Crippen LogP contribution in [0.4, 0.5) is 4.39 Å². The minimum absolute atomic E-state index is 0.119. The van der Waals surface area contributed by atoms with Crippen molar-refractivity contribution in [3.63, 3.8) is 0 Å². The molecule has 0 fully saturated rings. The molecule has 0 aromatic heterocycles. The molecule has 0 atom stereocenters. The second kappa shape index (κ2) is 3.39. The quantitative estimate of drug-likeness (QED) is 0.612. The van der Waals surface area contributed by atoms with Crippen molar-refractivity contribution in [2.45, 2.75) is 6.61 Å². The van der Waals surface area contributed by atoms with Crippen LogP contribution in [-0.2, 0) is 11.7 Å². The zero-order valence-electron chi connectivity index (χ0n) is 5.40. The van der Waals surface area contributed by atoms with Gasteiger partial charge in [-0.25, -0.2) is 9.50 Å². The number of rotatable bonds is 1. The predicted molar refractivity (Wildman–Crippen MR) is 40.8 cm³/mol. The first-order valence-electron chi connectivity index (χ1n) is 2.87. The van der Waals surface area contributed by atoms with Gasteiger partial charge in [0.2, 0.25) is 0 Å². The molecule has 0 saturated heterocycles. The van der Waals surface area contributed by atoms with E-state index in [-0.39, 0.29) is 15.6 Å². The Balaban J connectivity index is 3.29. The zero-order chi connectivity index (χ0) is 8.43. The Labute approximate surface area is 73.4 Å². The Morgan fingerprint density at radius 1 is 1.36 bits per heavy atom. The summed E-state index contributed by atoms with van der Waals surface area (Å²) in [5, 5.41) is 10.4. The van der Waals surface area contributed by atoms with Gasteiger partial charge in [0.1, 0.15) is 12.4 Å². The van der Waals surface area contributed by atoms with Crippen molar-refractivity contribution < 1.29 is 9.50 Å². The van der Waals surface area contributed by atoms with Gasteiger partial charge in [0.05, 0.1) is 5.02 Å². The lowest BCUT2D eigenvalue weighted by Gasteiger charge is -2.01. The van der Waals surface area contributed by atoms with E-state index in [0.717, 1.165) is 6.07 Å². The molecule has 0 aliphatic rings. The highest BCUT2D eigenvalue weighted by Crippen LogP contribution is 2.26. The van der Waals surface area contributed by atoms with E-state index in [2.05, 4.69) is 0 Å². The highest BCUT2D eigenvalue weighted by molar-refractivity contribution is 6.36. The number of benzene rings is 1.